The van der Waals surface area contributed by atoms with Gasteiger partial charge >= 0.3 is 0 Å². The Morgan fingerprint density at radius 3 is 3.20 bits per heavy atom. The fourth-order valence-corrected chi connectivity index (χ4v) is 1.99. The third-order valence-corrected chi connectivity index (χ3v) is 2.96. The van der Waals surface area contributed by atoms with Crippen LogP contribution in [0.1, 0.15) is 31.5 Å². The maximum Gasteiger partial charge on any atom is 0.0570 e. The lowest BCUT2D eigenvalue weighted by Gasteiger charge is -2.16. The topological polar surface area (TPSA) is 37.0 Å². The van der Waals surface area contributed by atoms with Gasteiger partial charge in [0.1, 0.15) is 0 Å². The summed E-state index contributed by atoms with van der Waals surface area (Å²) in [5.74, 6) is 0. The molecule has 1 saturated heterocycles. The van der Waals surface area contributed by atoms with Gasteiger partial charge in [-0.3, -0.25) is 4.98 Å². The van der Waals surface area contributed by atoms with Crippen LogP contribution in [0.4, 0.5) is 0 Å². The van der Waals surface area contributed by atoms with Crippen molar-refractivity contribution in [2.45, 2.75) is 31.8 Å². The molecule has 15 heavy (non-hydrogen) atoms. The highest BCUT2D eigenvalue weighted by atomic mass is 15.0. The summed E-state index contributed by atoms with van der Waals surface area (Å²) >= 11 is 0. The average Bonchev–Trinajstić information content (AvgIpc) is 2.80. The average molecular weight is 205 g/mol. The van der Waals surface area contributed by atoms with Crippen molar-refractivity contribution in [2.24, 2.45) is 0 Å². The standard InChI is InChI=1S/C12H19N3/c1-10(12-6-2-3-7-14-12)15-9-11-5-4-8-13-11/h2-3,6-7,10-11,13,15H,4-5,8-9H2,1H3/t10-,11+/m1/s1. The van der Waals surface area contributed by atoms with Crippen LogP contribution in [0.3, 0.4) is 0 Å². The zero-order valence-corrected chi connectivity index (χ0v) is 9.24. The van der Waals surface area contributed by atoms with Crippen molar-refractivity contribution in [3.05, 3.63) is 30.1 Å². The second kappa shape index (κ2) is 5.24. The Morgan fingerprint density at radius 2 is 2.53 bits per heavy atom. The predicted molar refractivity (Wildman–Crippen MR) is 61.7 cm³/mol. The van der Waals surface area contributed by atoms with E-state index in [1.807, 2.05) is 18.3 Å². The van der Waals surface area contributed by atoms with E-state index < -0.39 is 0 Å². The van der Waals surface area contributed by atoms with Gasteiger partial charge in [0, 0.05) is 24.8 Å². The molecule has 0 radical (unpaired) electrons. The summed E-state index contributed by atoms with van der Waals surface area (Å²) in [6, 6.07) is 7.05. The zero-order chi connectivity index (χ0) is 10.5. The van der Waals surface area contributed by atoms with E-state index in [-0.39, 0.29) is 0 Å². The largest absolute Gasteiger partial charge is 0.313 e. The number of nitrogens with one attached hydrogen (secondary N) is 2. The number of hydrogen-bond donors (Lipinski definition) is 2. The molecule has 1 fully saturated rings. The SMILES string of the molecule is C[C@@H](NC[C@@H]1CCCN1)c1ccccn1. The molecule has 0 saturated carbocycles. The van der Waals surface area contributed by atoms with E-state index >= 15 is 0 Å². The first kappa shape index (κ1) is 10.6. The van der Waals surface area contributed by atoms with Gasteiger partial charge in [-0.15, -0.1) is 0 Å². The highest BCUT2D eigenvalue weighted by molar-refractivity contribution is 5.07. The molecule has 0 unspecified atom stereocenters. The van der Waals surface area contributed by atoms with E-state index in [0.29, 0.717) is 12.1 Å². The summed E-state index contributed by atoms with van der Waals surface area (Å²) in [6.45, 7) is 4.37. The third-order valence-electron chi connectivity index (χ3n) is 2.96. The van der Waals surface area contributed by atoms with E-state index in [0.717, 1.165) is 12.2 Å². The van der Waals surface area contributed by atoms with Crippen molar-refractivity contribution >= 4 is 0 Å². The van der Waals surface area contributed by atoms with Gasteiger partial charge in [0.2, 0.25) is 0 Å². The lowest BCUT2D eigenvalue weighted by molar-refractivity contribution is 0.484. The maximum atomic E-state index is 4.34. The molecule has 1 aromatic rings. The minimum absolute atomic E-state index is 0.341. The molecule has 3 nitrogen and oxygen atoms in total. The second-order valence-corrected chi connectivity index (χ2v) is 4.18. The normalized spacial score (nSPS) is 22.9. The molecule has 0 spiro atoms. The number of pyridine rings is 1. The van der Waals surface area contributed by atoms with Crippen LogP contribution < -0.4 is 10.6 Å². The molecule has 2 heterocycles. The van der Waals surface area contributed by atoms with Gasteiger partial charge in [-0.05, 0) is 38.4 Å². The van der Waals surface area contributed by atoms with E-state index in [1.165, 1.54) is 19.4 Å². The Kier molecular flexibility index (Phi) is 3.69. The minimum atomic E-state index is 0.341. The van der Waals surface area contributed by atoms with Gasteiger partial charge in [-0.2, -0.15) is 0 Å². The molecule has 3 heteroatoms. The highest BCUT2D eigenvalue weighted by Gasteiger charge is 2.15. The van der Waals surface area contributed by atoms with Crippen LogP contribution in [-0.2, 0) is 0 Å². The molecule has 0 bridgehead atoms. The van der Waals surface area contributed by atoms with Crippen LogP contribution >= 0.6 is 0 Å². The Labute approximate surface area is 91.3 Å². The molecule has 0 aromatic carbocycles. The molecule has 0 amide bonds. The van der Waals surface area contributed by atoms with Gasteiger partial charge in [-0.25, -0.2) is 0 Å². The Balaban J connectivity index is 1.79. The highest BCUT2D eigenvalue weighted by Crippen LogP contribution is 2.09. The molecular formula is C12H19N3. The van der Waals surface area contributed by atoms with Gasteiger partial charge in [0.05, 0.1) is 5.69 Å². The molecular weight excluding hydrogens is 186 g/mol. The molecule has 2 atom stereocenters. The van der Waals surface area contributed by atoms with Crippen LogP contribution in [0.5, 0.6) is 0 Å². The quantitative estimate of drug-likeness (QED) is 0.782. The van der Waals surface area contributed by atoms with Gasteiger partial charge in [0.25, 0.3) is 0 Å². The van der Waals surface area contributed by atoms with Crippen molar-refractivity contribution < 1.29 is 0 Å². The first-order valence-corrected chi connectivity index (χ1v) is 5.74. The number of nitrogens with zero attached hydrogens (tertiary/aromatic N) is 1. The maximum absolute atomic E-state index is 4.34. The fourth-order valence-electron chi connectivity index (χ4n) is 1.99. The van der Waals surface area contributed by atoms with Crippen molar-refractivity contribution in [2.75, 3.05) is 13.1 Å². The summed E-state index contributed by atoms with van der Waals surface area (Å²) < 4.78 is 0. The lowest BCUT2D eigenvalue weighted by atomic mass is 10.2. The summed E-state index contributed by atoms with van der Waals surface area (Å²) in [7, 11) is 0. The van der Waals surface area contributed by atoms with Gasteiger partial charge < -0.3 is 10.6 Å². The molecule has 82 valence electrons. The molecule has 1 aromatic heterocycles. The molecule has 1 aliphatic heterocycles. The van der Waals surface area contributed by atoms with Crippen LogP contribution in [0, 0.1) is 0 Å². The summed E-state index contributed by atoms with van der Waals surface area (Å²) in [5.41, 5.74) is 1.12. The number of rotatable bonds is 4. The predicted octanol–water partition coefficient (Wildman–Crippen LogP) is 1.48. The molecule has 1 aliphatic rings. The first-order valence-electron chi connectivity index (χ1n) is 5.74. The van der Waals surface area contributed by atoms with Crippen molar-refractivity contribution in [3.8, 4) is 0 Å². The third kappa shape index (κ3) is 3.01. The number of hydrogen-bond acceptors (Lipinski definition) is 3. The Hall–Kier alpha value is -0.930. The Morgan fingerprint density at radius 1 is 1.60 bits per heavy atom. The van der Waals surface area contributed by atoms with Crippen LogP contribution in [0.25, 0.3) is 0 Å². The van der Waals surface area contributed by atoms with E-state index in [1.54, 1.807) is 0 Å². The van der Waals surface area contributed by atoms with E-state index in [9.17, 15) is 0 Å². The van der Waals surface area contributed by atoms with Crippen molar-refractivity contribution in [3.63, 3.8) is 0 Å². The van der Waals surface area contributed by atoms with Crippen molar-refractivity contribution in [1.29, 1.82) is 0 Å². The van der Waals surface area contributed by atoms with Crippen molar-refractivity contribution in [1.82, 2.24) is 15.6 Å². The number of aromatic nitrogens is 1. The lowest BCUT2D eigenvalue weighted by Crippen LogP contribution is -2.35. The monoisotopic (exact) mass is 205 g/mol. The van der Waals surface area contributed by atoms with Crippen LogP contribution in [-0.4, -0.2) is 24.1 Å². The van der Waals surface area contributed by atoms with E-state index in [4.69, 9.17) is 0 Å². The summed E-state index contributed by atoms with van der Waals surface area (Å²) in [6.07, 6.45) is 4.45. The second-order valence-electron chi connectivity index (χ2n) is 4.18. The van der Waals surface area contributed by atoms with Gasteiger partial charge in [-0.1, -0.05) is 6.07 Å². The van der Waals surface area contributed by atoms with E-state index in [2.05, 4.69) is 28.6 Å². The Bertz CT molecular complexity index is 280. The fraction of sp³-hybridized carbons (Fsp3) is 0.583. The summed E-state index contributed by atoms with van der Waals surface area (Å²) in [5, 5.41) is 7.00. The first-order chi connectivity index (χ1) is 7.36. The zero-order valence-electron chi connectivity index (χ0n) is 9.24. The summed E-state index contributed by atoms with van der Waals surface area (Å²) in [4.78, 5) is 4.34. The molecule has 2 rings (SSSR count). The van der Waals surface area contributed by atoms with Gasteiger partial charge in [0.15, 0.2) is 0 Å². The minimum Gasteiger partial charge on any atom is -0.313 e. The van der Waals surface area contributed by atoms with Crippen LogP contribution in [0.2, 0.25) is 0 Å². The molecule has 0 aliphatic carbocycles. The smallest absolute Gasteiger partial charge is 0.0570 e. The molecule has 2 N–H and O–H groups in total. The van der Waals surface area contributed by atoms with Crippen LogP contribution in [0.15, 0.2) is 24.4 Å².